The molecule has 3 heteroatoms. The highest BCUT2D eigenvalue weighted by molar-refractivity contribution is 5.07. The van der Waals surface area contributed by atoms with Crippen LogP contribution in [0, 0.1) is 5.41 Å². The summed E-state index contributed by atoms with van der Waals surface area (Å²) < 4.78 is 0. The van der Waals surface area contributed by atoms with Gasteiger partial charge in [0.2, 0.25) is 0 Å². The van der Waals surface area contributed by atoms with Gasteiger partial charge in [0.25, 0.3) is 0 Å². The highest BCUT2D eigenvalue weighted by atomic mass is 15.2. The van der Waals surface area contributed by atoms with Crippen LogP contribution in [0.4, 0.5) is 0 Å². The molecule has 0 saturated carbocycles. The second-order valence-corrected chi connectivity index (χ2v) is 4.71. The van der Waals surface area contributed by atoms with Crippen LogP contribution in [-0.2, 0) is 5.41 Å². The van der Waals surface area contributed by atoms with Crippen LogP contribution >= 0.6 is 0 Å². The van der Waals surface area contributed by atoms with Crippen LogP contribution in [0.25, 0.3) is 0 Å². The van der Waals surface area contributed by atoms with Gasteiger partial charge in [-0.1, -0.05) is 34.6 Å². The van der Waals surface area contributed by atoms with E-state index in [1.54, 1.807) is 6.33 Å². The Bertz CT molecular complexity index is 241. The molecular formula is C9H17N3. The first-order chi connectivity index (χ1) is 5.36. The van der Waals surface area contributed by atoms with Crippen LogP contribution < -0.4 is 0 Å². The zero-order valence-corrected chi connectivity index (χ0v) is 8.47. The molecule has 0 aromatic carbocycles. The third-order valence-corrected chi connectivity index (χ3v) is 2.88. The van der Waals surface area contributed by atoms with Gasteiger partial charge in [0, 0.05) is 5.41 Å². The normalized spacial score (nSPS) is 13.4. The minimum Gasteiger partial charge on any atom is -0.263 e. The number of nitrogens with zero attached hydrogens (tertiary/aromatic N) is 2. The summed E-state index contributed by atoms with van der Waals surface area (Å²) in [5, 5.41) is 6.79. The Hall–Kier alpha value is -0.860. The topological polar surface area (TPSA) is 41.6 Å². The van der Waals surface area contributed by atoms with Crippen LogP contribution in [-0.4, -0.2) is 15.2 Å². The van der Waals surface area contributed by atoms with Crippen LogP contribution in [0.5, 0.6) is 0 Å². The van der Waals surface area contributed by atoms with Crippen molar-refractivity contribution in [3.8, 4) is 0 Å². The monoisotopic (exact) mass is 167 g/mol. The van der Waals surface area contributed by atoms with Crippen molar-refractivity contribution in [2.45, 2.75) is 40.0 Å². The summed E-state index contributed by atoms with van der Waals surface area (Å²) in [7, 11) is 0. The molecule has 68 valence electrons. The van der Waals surface area contributed by atoms with E-state index in [1.807, 2.05) is 0 Å². The second-order valence-electron chi connectivity index (χ2n) is 4.71. The molecular weight excluding hydrogens is 150 g/mol. The molecule has 0 atom stereocenters. The Kier molecular flexibility index (Phi) is 1.98. The van der Waals surface area contributed by atoms with E-state index < -0.39 is 0 Å². The second kappa shape index (κ2) is 2.57. The fourth-order valence-corrected chi connectivity index (χ4v) is 0.862. The van der Waals surface area contributed by atoms with E-state index in [9.17, 15) is 0 Å². The highest BCUT2D eigenvalue weighted by Gasteiger charge is 2.36. The Labute approximate surface area is 73.6 Å². The molecule has 0 saturated heterocycles. The van der Waals surface area contributed by atoms with E-state index in [0.717, 1.165) is 5.82 Å². The fourth-order valence-electron chi connectivity index (χ4n) is 0.862. The number of H-pyrrole nitrogens is 1. The summed E-state index contributed by atoms with van der Waals surface area (Å²) >= 11 is 0. The van der Waals surface area contributed by atoms with Gasteiger partial charge in [-0.15, -0.1) is 0 Å². The first kappa shape index (κ1) is 9.23. The zero-order valence-electron chi connectivity index (χ0n) is 8.47. The van der Waals surface area contributed by atoms with E-state index in [-0.39, 0.29) is 10.8 Å². The van der Waals surface area contributed by atoms with E-state index in [4.69, 9.17) is 0 Å². The number of aromatic amines is 1. The lowest BCUT2D eigenvalue weighted by Gasteiger charge is -2.36. The Morgan fingerprint density at radius 1 is 1.17 bits per heavy atom. The van der Waals surface area contributed by atoms with Crippen molar-refractivity contribution in [2.24, 2.45) is 5.41 Å². The average Bonchev–Trinajstić information content (AvgIpc) is 2.34. The van der Waals surface area contributed by atoms with E-state index in [1.165, 1.54) is 0 Å². The van der Waals surface area contributed by atoms with Crippen LogP contribution in [0.2, 0.25) is 0 Å². The number of rotatable bonds is 1. The van der Waals surface area contributed by atoms with Gasteiger partial charge in [0.1, 0.15) is 12.2 Å². The molecule has 0 amide bonds. The molecule has 12 heavy (non-hydrogen) atoms. The largest absolute Gasteiger partial charge is 0.263 e. The maximum atomic E-state index is 4.19. The van der Waals surface area contributed by atoms with Gasteiger partial charge >= 0.3 is 0 Å². The van der Waals surface area contributed by atoms with E-state index in [0.29, 0.717) is 0 Å². The Morgan fingerprint density at radius 3 is 2.08 bits per heavy atom. The highest BCUT2D eigenvalue weighted by Crippen LogP contribution is 2.38. The number of hydrogen-bond donors (Lipinski definition) is 1. The molecule has 1 aromatic rings. The fraction of sp³-hybridized carbons (Fsp3) is 0.778. The van der Waals surface area contributed by atoms with Gasteiger partial charge in [-0.3, -0.25) is 5.10 Å². The van der Waals surface area contributed by atoms with Crippen molar-refractivity contribution in [2.75, 3.05) is 0 Å². The molecule has 0 radical (unpaired) electrons. The van der Waals surface area contributed by atoms with Crippen molar-refractivity contribution in [1.29, 1.82) is 0 Å². The van der Waals surface area contributed by atoms with E-state index in [2.05, 4.69) is 49.8 Å². The lowest BCUT2D eigenvalue weighted by Crippen LogP contribution is -2.35. The quantitative estimate of drug-likeness (QED) is 0.696. The Morgan fingerprint density at radius 2 is 1.75 bits per heavy atom. The van der Waals surface area contributed by atoms with Gasteiger partial charge in [-0.25, -0.2) is 4.98 Å². The van der Waals surface area contributed by atoms with Crippen LogP contribution in [0.15, 0.2) is 6.33 Å². The van der Waals surface area contributed by atoms with Crippen LogP contribution in [0.3, 0.4) is 0 Å². The molecule has 0 bridgehead atoms. The lowest BCUT2D eigenvalue weighted by atomic mass is 9.69. The van der Waals surface area contributed by atoms with Gasteiger partial charge in [-0.2, -0.15) is 5.10 Å². The number of aromatic nitrogens is 3. The van der Waals surface area contributed by atoms with Crippen molar-refractivity contribution in [3.63, 3.8) is 0 Å². The zero-order chi connectivity index (χ0) is 9.41. The lowest BCUT2D eigenvalue weighted by molar-refractivity contribution is 0.214. The molecule has 1 heterocycles. The maximum Gasteiger partial charge on any atom is 0.137 e. The number of hydrogen-bond acceptors (Lipinski definition) is 2. The van der Waals surface area contributed by atoms with Crippen molar-refractivity contribution < 1.29 is 0 Å². The van der Waals surface area contributed by atoms with Gasteiger partial charge < -0.3 is 0 Å². The standard InChI is InChI=1S/C9H17N3/c1-8(2,3)9(4,5)7-10-6-11-12-7/h6H,1-5H3,(H,10,11,12). The summed E-state index contributed by atoms with van der Waals surface area (Å²) in [5.74, 6) is 0.954. The molecule has 0 aliphatic rings. The molecule has 0 unspecified atom stereocenters. The molecule has 1 aromatic heterocycles. The third kappa shape index (κ3) is 1.36. The summed E-state index contributed by atoms with van der Waals surface area (Å²) in [6.07, 6.45) is 1.56. The van der Waals surface area contributed by atoms with E-state index >= 15 is 0 Å². The molecule has 0 aliphatic heterocycles. The predicted molar refractivity (Wildman–Crippen MR) is 48.9 cm³/mol. The summed E-state index contributed by atoms with van der Waals surface area (Å²) in [6, 6.07) is 0. The van der Waals surface area contributed by atoms with Crippen molar-refractivity contribution >= 4 is 0 Å². The SMILES string of the molecule is CC(C)(C)C(C)(C)c1ncn[nH]1. The minimum absolute atomic E-state index is 0.0312. The molecule has 3 nitrogen and oxygen atoms in total. The Balaban J connectivity index is 3.02. The predicted octanol–water partition coefficient (Wildman–Crippen LogP) is 2.13. The summed E-state index contributed by atoms with van der Waals surface area (Å²) in [4.78, 5) is 4.19. The number of nitrogens with one attached hydrogen (secondary N) is 1. The van der Waals surface area contributed by atoms with Crippen molar-refractivity contribution in [1.82, 2.24) is 15.2 Å². The van der Waals surface area contributed by atoms with Gasteiger partial charge in [0.15, 0.2) is 0 Å². The molecule has 0 fully saturated rings. The first-order valence-corrected chi connectivity index (χ1v) is 4.21. The smallest absolute Gasteiger partial charge is 0.137 e. The summed E-state index contributed by atoms with van der Waals surface area (Å²) in [6.45, 7) is 11.0. The summed E-state index contributed by atoms with van der Waals surface area (Å²) in [5.41, 5.74) is 0.218. The molecule has 0 aliphatic carbocycles. The molecule has 0 spiro atoms. The minimum atomic E-state index is 0.0312. The van der Waals surface area contributed by atoms with Gasteiger partial charge in [0.05, 0.1) is 0 Å². The van der Waals surface area contributed by atoms with Crippen LogP contribution in [0.1, 0.15) is 40.4 Å². The van der Waals surface area contributed by atoms with Gasteiger partial charge in [-0.05, 0) is 5.41 Å². The third-order valence-electron chi connectivity index (χ3n) is 2.88. The first-order valence-electron chi connectivity index (χ1n) is 4.21. The maximum absolute atomic E-state index is 4.19. The average molecular weight is 167 g/mol. The van der Waals surface area contributed by atoms with Crippen molar-refractivity contribution in [3.05, 3.63) is 12.2 Å². The molecule has 1 rings (SSSR count). The molecule has 1 N–H and O–H groups in total.